The summed E-state index contributed by atoms with van der Waals surface area (Å²) in [6, 6.07) is 10.6. The van der Waals surface area contributed by atoms with Crippen molar-refractivity contribution in [3.63, 3.8) is 0 Å². The van der Waals surface area contributed by atoms with E-state index in [4.69, 9.17) is 9.47 Å². The lowest BCUT2D eigenvalue weighted by molar-refractivity contribution is -0.0433. The molecule has 25 heavy (non-hydrogen) atoms. The zero-order valence-corrected chi connectivity index (χ0v) is 16.2. The third kappa shape index (κ3) is 4.48. The van der Waals surface area contributed by atoms with Crippen LogP contribution in [0, 0.1) is 11.3 Å². The Morgan fingerprint density at radius 3 is 2.72 bits per heavy atom. The number of hydrogen-bond acceptors (Lipinski definition) is 2. The van der Waals surface area contributed by atoms with Crippen molar-refractivity contribution < 1.29 is 9.47 Å². The summed E-state index contributed by atoms with van der Waals surface area (Å²) in [4.78, 5) is 0. The van der Waals surface area contributed by atoms with Crippen LogP contribution in [0.3, 0.4) is 0 Å². The second-order valence-corrected chi connectivity index (χ2v) is 8.32. The predicted octanol–water partition coefficient (Wildman–Crippen LogP) is 6.39. The van der Waals surface area contributed by atoms with E-state index in [1.807, 2.05) is 6.92 Å². The van der Waals surface area contributed by atoms with Crippen molar-refractivity contribution >= 4 is 0 Å². The van der Waals surface area contributed by atoms with Gasteiger partial charge in [0.05, 0.1) is 0 Å². The Hall–Kier alpha value is -1.70. The highest BCUT2D eigenvalue weighted by atomic mass is 16.7. The average molecular weight is 341 g/mol. The van der Waals surface area contributed by atoms with Crippen molar-refractivity contribution in [2.45, 2.75) is 72.3 Å². The minimum atomic E-state index is 0.271. The molecule has 1 aromatic rings. The Bertz CT molecular complexity index is 641. The molecule has 0 spiro atoms. The van der Waals surface area contributed by atoms with Crippen LogP contribution in [0.4, 0.5) is 0 Å². The van der Waals surface area contributed by atoms with E-state index < -0.39 is 0 Å². The summed E-state index contributed by atoms with van der Waals surface area (Å²) in [5.41, 5.74) is 2.95. The maximum absolute atomic E-state index is 6.45. The summed E-state index contributed by atoms with van der Waals surface area (Å²) < 4.78 is 12.5. The zero-order chi connectivity index (χ0) is 17.9. The van der Waals surface area contributed by atoms with Crippen LogP contribution < -0.4 is 0 Å². The van der Waals surface area contributed by atoms with Gasteiger partial charge in [-0.2, -0.15) is 0 Å². The summed E-state index contributed by atoms with van der Waals surface area (Å²) in [5.74, 6) is 2.40. The number of hydrogen-bond donors (Lipinski definition) is 0. The monoisotopic (exact) mass is 340 g/mol. The molecule has 1 aromatic carbocycles. The molecule has 136 valence electrons. The molecule has 1 aliphatic heterocycles. The standard InChI is InChI=1S/C23H32O2/c1-17(2)23(4)14-8-11-21(16-23)25-22-20(13-12-18(3)24-22)15-19-9-6-5-7-10-19/h5-7,9-10,12,17,21H,8,11,13-16H2,1-4H3. The molecule has 2 unspecified atom stereocenters. The van der Waals surface area contributed by atoms with Crippen molar-refractivity contribution in [2.24, 2.45) is 11.3 Å². The first-order valence-corrected chi connectivity index (χ1v) is 9.73. The second kappa shape index (κ2) is 7.68. The van der Waals surface area contributed by atoms with Crippen LogP contribution in [-0.2, 0) is 15.9 Å². The van der Waals surface area contributed by atoms with Gasteiger partial charge < -0.3 is 9.47 Å². The van der Waals surface area contributed by atoms with Crippen LogP contribution >= 0.6 is 0 Å². The molecule has 2 heteroatoms. The molecule has 2 atom stereocenters. The van der Waals surface area contributed by atoms with E-state index in [1.165, 1.54) is 24.0 Å². The minimum Gasteiger partial charge on any atom is -0.462 e. The molecule has 0 radical (unpaired) electrons. The third-order valence-electron chi connectivity index (χ3n) is 6.07. The molecule has 1 aliphatic carbocycles. The van der Waals surface area contributed by atoms with E-state index in [0.29, 0.717) is 11.3 Å². The van der Waals surface area contributed by atoms with Crippen molar-refractivity contribution in [3.8, 4) is 0 Å². The Balaban J connectivity index is 1.74. The summed E-state index contributed by atoms with van der Waals surface area (Å²) in [6.07, 6.45) is 9.06. The predicted molar refractivity (Wildman–Crippen MR) is 103 cm³/mol. The average Bonchev–Trinajstić information content (AvgIpc) is 2.58. The smallest absolute Gasteiger partial charge is 0.284 e. The van der Waals surface area contributed by atoms with Gasteiger partial charge in [0.2, 0.25) is 0 Å². The first-order chi connectivity index (χ1) is 12.0. The van der Waals surface area contributed by atoms with Gasteiger partial charge in [0.15, 0.2) is 0 Å². The molecule has 0 saturated heterocycles. The third-order valence-corrected chi connectivity index (χ3v) is 6.07. The molecule has 2 nitrogen and oxygen atoms in total. The lowest BCUT2D eigenvalue weighted by atomic mass is 9.67. The summed E-state index contributed by atoms with van der Waals surface area (Å²) in [6.45, 7) is 9.11. The molecule has 0 N–H and O–H groups in total. The van der Waals surface area contributed by atoms with Gasteiger partial charge in [-0.15, -0.1) is 0 Å². The fourth-order valence-electron chi connectivity index (χ4n) is 3.94. The van der Waals surface area contributed by atoms with E-state index in [-0.39, 0.29) is 6.10 Å². The highest BCUT2D eigenvalue weighted by Crippen LogP contribution is 2.43. The fourth-order valence-corrected chi connectivity index (χ4v) is 3.94. The molecule has 2 aliphatic rings. The topological polar surface area (TPSA) is 18.5 Å². The lowest BCUT2D eigenvalue weighted by Crippen LogP contribution is -2.34. The molecule has 0 amide bonds. The van der Waals surface area contributed by atoms with Crippen LogP contribution in [0.5, 0.6) is 0 Å². The molecule has 1 fully saturated rings. The highest BCUT2D eigenvalue weighted by molar-refractivity contribution is 5.26. The maximum atomic E-state index is 6.45. The van der Waals surface area contributed by atoms with Crippen molar-refractivity contribution in [1.29, 1.82) is 0 Å². The van der Waals surface area contributed by atoms with Crippen LogP contribution in [-0.4, -0.2) is 6.10 Å². The van der Waals surface area contributed by atoms with Gasteiger partial charge in [-0.25, -0.2) is 0 Å². The normalized spacial score (nSPS) is 27.1. The number of rotatable bonds is 5. The molecular weight excluding hydrogens is 308 g/mol. The first-order valence-electron chi connectivity index (χ1n) is 9.73. The van der Waals surface area contributed by atoms with Gasteiger partial charge in [0.1, 0.15) is 11.9 Å². The van der Waals surface area contributed by atoms with Crippen LogP contribution in [0.15, 0.2) is 53.7 Å². The van der Waals surface area contributed by atoms with Crippen molar-refractivity contribution in [1.82, 2.24) is 0 Å². The number of ether oxygens (including phenoxy) is 2. The van der Waals surface area contributed by atoms with Gasteiger partial charge in [-0.3, -0.25) is 0 Å². The van der Waals surface area contributed by atoms with Gasteiger partial charge in [0.25, 0.3) is 5.95 Å². The van der Waals surface area contributed by atoms with Gasteiger partial charge >= 0.3 is 0 Å². The van der Waals surface area contributed by atoms with Crippen molar-refractivity contribution in [2.75, 3.05) is 0 Å². The minimum absolute atomic E-state index is 0.271. The highest BCUT2D eigenvalue weighted by Gasteiger charge is 2.36. The summed E-state index contributed by atoms with van der Waals surface area (Å²) in [7, 11) is 0. The number of benzene rings is 1. The Morgan fingerprint density at radius 1 is 1.24 bits per heavy atom. The first kappa shape index (κ1) is 18.1. The van der Waals surface area contributed by atoms with Crippen LogP contribution in [0.2, 0.25) is 0 Å². The zero-order valence-electron chi connectivity index (χ0n) is 16.2. The van der Waals surface area contributed by atoms with Gasteiger partial charge in [-0.05, 0) is 62.0 Å². The Kier molecular flexibility index (Phi) is 5.56. The van der Waals surface area contributed by atoms with Gasteiger partial charge in [0, 0.05) is 12.0 Å². The quantitative estimate of drug-likeness (QED) is 0.618. The Labute approximate surface area is 152 Å². The molecule has 3 rings (SSSR count). The van der Waals surface area contributed by atoms with E-state index in [2.05, 4.69) is 57.2 Å². The molecule has 0 bridgehead atoms. The second-order valence-electron chi connectivity index (χ2n) is 8.32. The fraction of sp³-hybridized carbons (Fsp3) is 0.565. The summed E-state index contributed by atoms with van der Waals surface area (Å²) in [5, 5.41) is 0. The Morgan fingerprint density at radius 2 is 2.00 bits per heavy atom. The molecule has 1 saturated carbocycles. The largest absolute Gasteiger partial charge is 0.462 e. The van der Waals surface area contributed by atoms with Crippen LogP contribution in [0.1, 0.15) is 65.4 Å². The van der Waals surface area contributed by atoms with Crippen molar-refractivity contribution in [3.05, 3.63) is 59.2 Å². The molecular formula is C23H32O2. The number of allylic oxidation sites excluding steroid dienone is 3. The van der Waals surface area contributed by atoms with Gasteiger partial charge in [-0.1, -0.05) is 51.1 Å². The maximum Gasteiger partial charge on any atom is 0.284 e. The SMILES string of the molecule is CC1=CCC(Cc2ccccc2)=C(OC2CCCC(C)(C(C)C)C2)O1. The molecule has 0 aromatic heterocycles. The van der Waals surface area contributed by atoms with E-state index >= 15 is 0 Å². The summed E-state index contributed by atoms with van der Waals surface area (Å²) >= 11 is 0. The van der Waals surface area contributed by atoms with E-state index in [9.17, 15) is 0 Å². The lowest BCUT2D eigenvalue weighted by Gasteiger charge is -2.41. The van der Waals surface area contributed by atoms with Crippen LogP contribution in [0.25, 0.3) is 0 Å². The molecule has 1 heterocycles. The van der Waals surface area contributed by atoms with E-state index in [1.54, 1.807) is 0 Å². The van der Waals surface area contributed by atoms with E-state index in [0.717, 1.165) is 37.4 Å².